The van der Waals surface area contributed by atoms with E-state index in [9.17, 15) is 4.79 Å². The van der Waals surface area contributed by atoms with Crippen molar-refractivity contribution in [3.8, 4) is 5.69 Å². The van der Waals surface area contributed by atoms with E-state index in [0.29, 0.717) is 17.0 Å². The van der Waals surface area contributed by atoms with Crippen molar-refractivity contribution in [1.82, 2.24) is 20.0 Å². The van der Waals surface area contributed by atoms with E-state index < -0.39 is 0 Å². The van der Waals surface area contributed by atoms with Crippen LogP contribution in [-0.2, 0) is 0 Å². The first-order valence-corrected chi connectivity index (χ1v) is 6.20. The number of rotatable bonds is 3. The fraction of sp³-hybridized carbons (Fsp3) is 0.0667. The number of pyridine rings is 1. The SMILES string of the molecule is Cc1ncccc1C(=O)c1cnnn1-c1ccccc1. The van der Waals surface area contributed by atoms with Gasteiger partial charge < -0.3 is 0 Å². The minimum absolute atomic E-state index is 0.135. The Balaban J connectivity index is 2.07. The zero-order valence-electron chi connectivity index (χ0n) is 10.9. The van der Waals surface area contributed by atoms with Crippen LogP contribution >= 0.6 is 0 Å². The summed E-state index contributed by atoms with van der Waals surface area (Å²) in [4.78, 5) is 16.7. The molecule has 0 aliphatic carbocycles. The van der Waals surface area contributed by atoms with Gasteiger partial charge in [-0.05, 0) is 31.2 Å². The number of aromatic nitrogens is 4. The summed E-state index contributed by atoms with van der Waals surface area (Å²) in [5, 5.41) is 7.83. The van der Waals surface area contributed by atoms with Crippen molar-refractivity contribution in [1.29, 1.82) is 0 Å². The maximum absolute atomic E-state index is 12.6. The van der Waals surface area contributed by atoms with Gasteiger partial charge in [0.15, 0.2) is 0 Å². The van der Waals surface area contributed by atoms with Gasteiger partial charge in [0.1, 0.15) is 5.69 Å². The molecule has 0 atom stereocenters. The maximum atomic E-state index is 12.6. The van der Waals surface area contributed by atoms with Crippen LogP contribution in [-0.4, -0.2) is 25.8 Å². The van der Waals surface area contributed by atoms with E-state index in [1.807, 2.05) is 37.3 Å². The fourth-order valence-electron chi connectivity index (χ4n) is 2.01. The summed E-state index contributed by atoms with van der Waals surface area (Å²) in [6.45, 7) is 1.81. The highest BCUT2D eigenvalue weighted by Crippen LogP contribution is 2.14. The van der Waals surface area contributed by atoms with E-state index in [0.717, 1.165) is 5.69 Å². The Morgan fingerprint density at radius 2 is 1.90 bits per heavy atom. The molecule has 0 saturated heterocycles. The largest absolute Gasteiger partial charge is 0.287 e. The van der Waals surface area contributed by atoms with Gasteiger partial charge in [0, 0.05) is 17.5 Å². The van der Waals surface area contributed by atoms with Gasteiger partial charge in [-0.2, -0.15) is 0 Å². The lowest BCUT2D eigenvalue weighted by Crippen LogP contribution is -2.11. The Morgan fingerprint density at radius 3 is 2.65 bits per heavy atom. The fourth-order valence-corrected chi connectivity index (χ4v) is 2.01. The van der Waals surface area contributed by atoms with E-state index >= 15 is 0 Å². The van der Waals surface area contributed by atoms with Crippen LogP contribution in [0, 0.1) is 6.92 Å². The Bertz CT molecular complexity index is 749. The molecule has 0 unspecified atom stereocenters. The van der Waals surface area contributed by atoms with Gasteiger partial charge in [0.05, 0.1) is 11.9 Å². The smallest absolute Gasteiger partial charge is 0.214 e. The minimum atomic E-state index is -0.135. The van der Waals surface area contributed by atoms with Crippen LogP contribution in [0.2, 0.25) is 0 Å². The highest BCUT2D eigenvalue weighted by molar-refractivity contribution is 6.08. The summed E-state index contributed by atoms with van der Waals surface area (Å²) >= 11 is 0. The molecule has 0 N–H and O–H groups in total. The normalized spacial score (nSPS) is 10.4. The second-order valence-electron chi connectivity index (χ2n) is 4.33. The quantitative estimate of drug-likeness (QED) is 0.680. The predicted octanol–water partition coefficient (Wildman–Crippen LogP) is 2.20. The van der Waals surface area contributed by atoms with Crippen LogP contribution in [0.1, 0.15) is 21.7 Å². The third kappa shape index (κ3) is 2.09. The molecule has 0 aliphatic rings. The second-order valence-corrected chi connectivity index (χ2v) is 4.33. The molecule has 1 aromatic carbocycles. The highest BCUT2D eigenvalue weighted by atomic mass is 16.1. The van der Waals surface area contributed by atoms with Crippen LogP contribution in [0.4, 0.5) is 0 Å². The van der Waals surface area contributed by atoms with Gasteiger partial charge in [-0.3, -0.25) is 9.78 Å². The Kier molecular flexibility index (Phi) is 3.09. The minimum Gasteiger partial charge on any atom is -0.287 e. The Labute approximate surface area is 115 Å². The van der Waals surface area contributed by atoms with Crippen molar-refractivity contribution >= 4 is 5.78 Å². The number of hydrogen-bond acceptors (Lipinski definition) is 4. The molecule has 2 aromatic heterocycles. The van der Waals surface area contributed by atoms with Crippen LogP contribution in [0.5, 0.6) is 0 Å². The van der Waals surface area contributed by atoms with Gasteiger partial charge in [-0.25, -0.2) is 4.68 Å². The average Bonchev–Trinajstić information content (AvgIpc) is 2.97. The molecule has 0 bridgehead atoms. The average molecular weight is 264 g/mol. The third-order valence-corrected chi connectivity index (χ3v) is 3.03. The standard InChI is InChI=1S/C15H12N4O/c1-11-13(8-5-9-16-11)15(20)14-10-17-18-19(14)12-6-3-2-4-7-12/h2-10H,1H3. The number of carbonyl (C=O) groups is 1. The maximum Gasteiger partial charge on any atom is 0.214 e. The first-order valence-electron chi connectivity index (χ1n) is 6.20. The topological polar surface area (TPSA) is 60.7 Å². The molecular formula is C15H12N4O. The van der Waals surface area contributed by atoms with Gasteiger partial charge in [-0.1, -0.05) is 23.4 Å². The van der Waals surface area contributed by atoms with E-state index in [1.165, 1.54) is 10.9 Å². The molecule has 0 aliphatic heterocycles. The number of nitrogens with zero attached hydrogens (tertiary/aromatic N) is 4. The molecule has 5 heteroatoms. The van der Waals surface area contributed by atoms with Gasteiger partial charge in [0.2, 0.25) is 5.78 Å². The molecule has 0 amide bonds. The predicted molar refractivity (Wildman–Crippen MR) is 73.8 cm³/mol. The number of carbonyl (C=O) groups excluding carboxylic acids is 1. The summed E-state index contributed by atoms with van der Waals surface area (Å²) < 4.78 is 1.54. The second kappa shape index (κ2) is 5.05. The summed E-state index contributed by atoms with van der Waals surface area (Å²) in [7, 11) is 0. The summed E-state index contributed by atoms with van der Waals surface area (Å²) in [6, 6.07) is 12.9. The summed E-state index contributed by atoms with van der Waals surface area (Å²) in [5.74, 6) is -0.135. The molecule has 0 fully saturated rings. The van der Waals surface area contributed by atoms with Crippen LogP contribution < -0.4 is 0 Å². The number of aryl methyl sites for hydroxylation is 1. The number of ketones is 1. The molecular weight excluding hydrogens is 252 g/mol. The lowest BCUT2D eigenvalue weighted by Gasteiger charge is -2.06. The molecule has 3 rings (SSSR count). The molecule has 20 heavy (non-hydrogen) atoms. The van der Waals surface area contributed by atoms with Crippen molar-refractivity contribution in [3.63, 3.8) is 0 Å². The first-order chi connectivity index (χ1) is 9.77. The van der Waals surface area contributed by atoms with E-state index in [2.05, 4.69) is 15.3 Å². The molecule has 0 spiro atoms. The van der Waals surface area contributed by atoms with Crippen molar-refractivity contribution in [2.24, 2.45) is 0 Å². The lowest BCUT2D eigenvalue weighted by molar-refractivity contribution is 0.103. The molecule has 3 aromatic rings. The van der Waals surface area contributed by atoms with Crippen LogP contribution in [0.3, 0.4) is 0 Å². The summed E-state index contributed by atoms with van der Waals surface area (Å²) in [5.41, 5.74) is 2.48. The van der Waals surface area contributed by atoms with Gasteiger partial charge >= 0.3 is 0 Å². The molecule has 0 radical (unpaired) electrons. The Morgan fingerprint density at radius 1 is 1.10 bits per heavy atom. The van der Waals surface area contributed by atoms with Crippen LogP contribution in [0.15, 0.2) is 54.9 Å². The number of benzene rings is 1. The van der Waals surface area contributed by atoms with Crippen molar-refractivity contribution in [2.75, 3.05) is 0 Å². The number of hydrogen-bond donors (Lipinski definition) is 0. The van der Waals surface area contributed by atoms with Crippen LogP contribution in [0.25, 0.3) is 5.69 Å². The number of para-hydroxylation sites is 1. The van der Waals surface area contributed by atoms with E-state index in [1.54, 1.807) is 18.3 Å². The lowest BCUT2D eigenvalue weighted by atomic mass is 10.1. The molecule has 0 saturated carbocycles. The van der Waals surface area contributed by atoms with Gasteiger partial charge in [-0.15, -0.1) is 5.10 Å². The zero-order valence-corrected chi connectivity index (χ0v) is 10.9. The zero-order chi connectivity index (χ0) is 13.9. The first kappa shape index (κ1) is 12.2. The Hall–Kier alpha value is -2.82. The van der Waals surface area contributed by atoms with Crippen molar-refractivity contribution in [3.05, 3.63) is 71.8 Å². The summed E-state index contributed by atoms with van der Waals surface area (Å²) in [6.07, 6.45) is 3.14. The monoisotopic (exact) mass is 264 g/mol. The molecule has 5 nitrogen and oxygen atoms in total. The van der Waals surface area contributed by atoms with Crippen molar-refractivity contribution in [2.45, 2.75) is 6.92 Å². The highest BCUT2D eigenvalue weighted by Gasteiger charge is 2.18. The van der Waals surface area contributed by atoms with E-state index in [-0.39, 0.29) is 5.78 Å². The van der Waals surface area contributed by atoms with Gasteiger partial charge in [0.25, 0.3) is 0 Å². The molecule has 2 heterocycles. The van der Waals surface area contributed by atoms with E-state index in [4.69, 9.17) is 0 Å². The van der Waals surface area contributed by atoms with Crippen molar-refractivity contribution < 1.29 is 4.79 Å². The molecule has 98 valence electrons. The third-order valence-electron chi connectivity index (χ3n) is 3.03.